The van der Waals surface area contributed by atoms with Crippen LogP contribution in [0.1, 0.15) is 0 Å². The number of fused-ring (bicyclic) bond motifs is 1. The van der Waals surface area contributed by atoms with Gasteiger partial charge in [0.15, 0.2) is 16.1 Å². The number of nitrogens with one attached hydrogen (secondary N) is 1. The number of tetrazole rings is 1. The molecule has 5 N–H and O–H groups in total. The fourth-order valence-electron chi connectivity index (χ4n) is 3.68. The molecule has 0 aliphatic rings. The quantitative estimate of drug-likeness (QED) is 0.200. The predicted octanol–water partition coefficient (Wildman–Crippen LogP) is 0.232. The number of carbonyl (C=O) groups is 1. The summed E-state index contributed by atoms with van der Waals surface area (Å²) in [6, 6.07) is 6.99. The van der Waals surface area contributed by atoms with E-state index in [1.807, 2.05) is 0 Å². The minimum absolute atomic E-state index is 0.132. The summed E-state index contributed by atoms with van der Waals surface area (Å²) in [6.07, 6.45) is -6.03. The molecule has 0 spiro atoms. The Morgan fingerprint density at radius 3 is 2.50 bits per heavy atom. The van der Waals surface area contributed by atoms with Crippen LogP contribution in [0, 0.1) is 0 Å². The summed E-state index contributed by atoms with van der Waals surface area (Å²) in [5.74, 6) is -4.47. The van der Waals surface area contributed by atoms with Gasteiger partial charge in [-0.2, -0.15) is 23.5 Å². The number of benzene rings is 2. The molecule has 0 radical (unpaired) electrons. The van der Waals surface area contributed by atoms with E-state index in [0.29, 0.717) is 16.5 Å². The van der Waals surface area contributed by atoms with Crippen LogP contribution in [0.2, 0.25) is 0 Å². The maximum atomic E-state index is 13.1. The van der Waals surface area contributed by atoms with Gasteiger partial charge in [0.05, 0.1) is 16.0 Å². The molecule has 19 heteroatoms. The standard InChI is InChI=1S/C19H17F3N8O6S2/c1-30-7-10-6-9(2-4-12(10)27-30)11-3-5-13(16(38(24,34)35)15(11)17-25-28-29-26-17)37(32,33)8-14(23)36-18(31)19(20,21)22/h2-7,14H,8,23H2,1H3,(H2,24,34,35)(H,25,26,28,29). The highest BCUT2D eigenvalue weighted by atomic mass is 32.2. The van der Waals surface area contributed by atoms with Gasteiger partial charge in [0.1, 0.15) is 10.6 Å². The van der Waals surface area contributed by atoms with Gasteiger partial charge in [-0.1, -0.05) is 12.1 Å². The number of hydrogen-bond donors (Lipinski definition) is 3. The van der Waals surface area contributed by atoms with Crippen LogP contribution in [0.5, 0.6) is 0 Å². The Hall–Kier alpha value is -3.94. The average Bonchev–Trinajstić information content (AvgIpc) is 3.44. The van der Waals surface area contributed by atoms with Crippen molar-refractivity contribution in [2.75, 3.05) is 5.75 Å². The van der Waals surface area contributed by atoms with E-state index in [2.05, 4.69) is 30.5 Å². The number of sulfone groups is 1. The number of carbonyl (C=O) groups excluding carboxylic acids is 1. The average molecular weight is 575 g/mol. The minimum Gasteiger partial charge on any atom is -0.439 e. The lowest BCUT2D eigenvalue weighted by atomic mass is 9.98. The molecular formula is C19H17F3N8O6S2. The highest BCUT2D eigenvalue weighted by molar-refractivity contribution is 7.93. The Morgan fingerprint density at radius 2 is 1.89 bits per heavy atom. The second kappa shape index (κ2) is 9.42. The largest absolute Gasteiger partial charge is 0.490 e. The highest BCUT2D eigenvalue weighted by Gasteiger charge is 2.43. The Morgan fingerprint density at radius 1 is 1.18 bits per heavy atom. The van der Waals surface area contributed by atoms with Crippen LogP contribution >= 0.6 is 0 Å². The molecule has 0 fully saturated rings. The van der Waals surface area contributed by atoms with Crippen molar-refractivity contribution in [2.24, 2.45) is 17.9 Å². The van der Waals surface area contributed by atoms with Gasteiger partial charge in [0.2, 0.25) is 15.8 Å². The summed E-state index contributed by atoms with van der Waals surface area (Å²) in [7, 11) is -8.01. The molecular weight excluding hydrogens is 557 g/mol. The van der Waals surface area contributed by atoms with Crippen LogP contribution in [0.25, 0.3) is 33.4 Å². The zero-order valence-corrected chi connectivity index (χ0v) is 20.7. The summed E-state index contributed by atoms with van der Waals surface area (Å²) in [5.41, 5.74) is 6.10. The van der Waals surface area contributed by atoms with Gasteiger partial charge >= 0.3 is 12.1 Å². The molecule has 0 amide bonds. The number of halogens is 3. The maximum absolute atomic E-state index is 13.1. The third kappa shape index (κ3) is 5.35. The molecule has 14 nitrogen and oxygen atoms in total. The highest BCUT2D eigenvalue weighted by Crippen LogP contribution is 2.39. The molecule has 2 heterocycles. The van der Waals surface area contributed by atoms with Crippen molar-refractivity contribution < 1.29 is 39.5 Å². The third-order valence-corrected chi connectivity index (χ3v) is 8.01. The molecule has 2 aromatic carbocycles. The van der Waals surface area contributed by atoms with E-state index in [1.165, 1.54) is 6.07 Å². The van der Waals surface area contributed by atoms with E-state index in [0.717, 1.165) is 6.07 Å². The van der Waals surface area contributed by atoms with Gasteiger partial charge < -0.3 is 4.74 Å². The molecule has 202 valence electrons. The zero-order valence-electron chi connectivity index (χ0n) is 19.0. The monoisotopic (exact) mass is 574 g/mol. The van der Waals surface area contributed by atoms with Crippen molar-refractivity contribution in [3.8, 4) is 22.5 Å². The summed E-state index contributed by atoms with van der Waals surface area (Å²) in [5, 5.41) is 23.4. The van der Waals surface area contributed by atoms with Gasteiger partial charge in [-0.15, -0.1) is 10.2 Å². The predicted molar refractivity (Wildman–Crippen MR) is 123 cm³/mol. The van der Waals surface area contributed by atoms with Crippen LogP contribution in [-0.2, 0) is 36.4 Å². The molecule has 2 aromatic heterocycles. The fourth-order valence-corrected chi connectivity index (χ4v) is 6.59. The summed E-state index contributed by atoms with van der Waals surface area (Å²) >= 11 is 0. The molecule has 0 aliphatic heterocycles. The molecule has 38 heavy (non-hydrogen) atoms. The van der Waals surface area contributed by atoms with Crippen LogP contribution < -0.4 is 10.9 Å². The number of alkyl halides is 3. The molecule has 0 saturated heterocycles. The second-order valence-corrected chi connectivity index (χ2v) is 11.4. The van der Waals surface area contributed by atoms with Gasteiger partial charge in [0, 0.05) is 18.6 Å². The topological polar surface area (TPSA) is 219 Å². The van der Waals surface area contributed by atoms with Crippen molar-refractivity contribution in [3.63, 3.8) is 0 Å². The number of sulfonamides is 1. The minimum atomic E-state index is -5.43. The summed E-state index contributed by atoms with van der Waals surface area (Å²) in [6.45, 7) is 0. The number of nitrogens with zero attached hydrogens (tertiary/aromatic N) is 5. The number of aromatic nitrogens is 6. The van der Waals surface area contributed by atoms with Crippen molar-refractivity contribution in [2.45, 2.75) is 22.2 Å². The van der Waals surface area contributed by atoms with Crippen LogP contribution in [0.15, 0.2) is 46.3 Å². The van der Waals surface area contributed by atoms with Crippen LogP contribution in [0.4, 0.5) is 13.2 Å². The third-order valence-electron chi connectivity index (χ3n) is 5.11. The molecule has 4 aromatic rings. The number of aryl methyl sites for hydroxylation is 1. The number of H-pyrrole nitrogens is 1. The first-order valence-electron chi connectivity index (χ1n) is 10.2. The summed E-state index contributed by atoms with van der Waals surface area (Å²) < 4.78 is 94.8. The molecule has 0 saturated carbocycles. The van der Waals surface area contributed by atoms with Crippen LogP contribution in [0.3, 0.4) is 0 Å². The SMILES string of the molecule is Cn1cc2cc(-c3ccc(S(=O)(=O)CC(N)OC(=O)C(F)(F)F)c(S(N)(=O)=O)c3-c3nn[nH]n3)ccc2n1. The lowest BCUT2D eigenvalue weighted by Crippen LogP contribution is -2.39. The molecule has 4 rings (SSSR count). The van der Waals surface area contributed by atoms with Crippen LogP contribution in [-0.4, -0.2) is 71.4 Å². The number of hydrogen-bond acceptors (Lipinski definition) is 11. The first kappa shape index (κ1) is 27.1. The zero-order chi connectivity index (χ0) is 28.0. The molecule has 1 unspecified atom stereocenters. The van der Waals surface area contributed by atoms with E-state index in [9.17, 15) is 34.8 Å². The Kier molecular flexibility index (Phi) is 6.72. The second-order valence-electron chi connectivity index (χ2n) is 7.90. The van der Waals surface area contributed by atoms with Gasteiger partial charge in [0.25, 0.3) is 0 Å². The van der Waals surface area contributed by atoms with E-state index in [-0.39, 0.29) is 17.0 Å². The van der Waals surface area contributed by atoms with Crippen molar-refractivity contribution >= 4 is 36.7 Å². The number of primary sulfonamides is 1. The molecule has 0 bridgehead atoms. The molecule has 1 atom stereocenters. The van der Waals surface area contributed by atoms with E-state index in [4.69, 9.17) is 10.9 Å². The lowest BCUT2D eigenvalue weighted by molar-refractivity contribution is -0.203. The normalized spacial score (nSPS) is 13.5. The van der Waals surface area contributed by atoms with Crippen molar-refractivity contribution in [1.29, 1.82) is 0 Å². The van der Waals surface area contributed by atoms with Crippen molar-refractivity contribution in [1.82, 2.24) is 30.4 Å². The lowest BCUT2D eigenvalue weighted by Gasteiger charge is -2.18. The maximum Gasteiger partial charge on any atom is 0.490 e. The number of rotatable bonds is 7. The number of aromatic amines is 1. The Labute approximate surface area is 211 Å². The van der Waals surface area contributed by atoms with E-state index in [1.54, 1.807) is 36.1 Å². The number of ether oxygens (including phenoxy) is 1. The molecule has 0 aliphatic carbocycles. The van der Waals surface area contributed by atoms with Gasteiger partial charge in [-0.25, -0.2) is 26.8 Å². The first-order chi connectivity index (χ1) is 17.6. The van der Waals surface area contributed by atoms with Gasteiger partial charge in [-0.3, -0.25) is 10.4 Å². The van der Waals surface area contributed by atoms with E-state index < -0.39 is 53.8 Å². The smallest absolute Gasteiger partial charge is 0.439 e. The van der Waals surface area contributed by atoms with Crippen molar-refractivity contribution in [3.05, 3.63) is 36.5 Å². The first-order valence-corrected chi connectivity index (χ1v) is 13.4. The summed E-state index contributed by atoms with van der Waals surface area (Å²) in [4.78, 5) is 9.17. The van der Waals surface area contributed by atoms with E-state index >= 15 is 0 Å². The number of nitrogens with two attached hydrogens (primary N) is 2. The Bertz CT molecular complexity index is 1750. The fraction of sp³-hybridized carbons (Fsp3) is 0.211. The number of esters is 1. The van der Waals surface area contributed by atoms with Gasteiger partial charge in [-0.05, 0) is 34.5 Å². The Balaban J connectivity index is 1.91.